The van der Waals surface area contributed by atoms with Crippen LogP contribution in [0.25, 0.3) is 10.6 Å². The molecule has 0 unspecified atom stereocenters. The second-order valence-corrected chi connectivity index (χ2v) is 7.25. The van der Waals surface area contributed by atoms with Crippen LogP contribution in [-0.4, -0.2) is 37.2 Å². The Morgan fingerprint density at radius 3 is 2.67 bits per heavy atom. The van der Waals surface area contributed by atoms with Crippen LogP contribution in [0.3, 0.4) is 0 Å². The zero-order valence-electron chi connectivity index (χ0n) is 14.7. The Morgan fingerprint density at radius 1 is 1.21 bits per heavy atom. The van der Waals surface area contributed by atoms with Gasteiger partial charge < -0.3 is 9.47 Å². The first-order chi connectivity index (χ1) is 11.7. The maximum Gasteiger partial charge on any atom is 0.161 e. The van der Waals surface area contributed by atoms with Crippen molar-refractivity contribution in [3.63, 3.8) is 0 Å². The molecule has 1 heterocycles. The lowest BCUT2D eigenvalue weighted by molar-refractivity contribution is 0.253. The number of benzene rings is 1. The first-order valence-corrected chi connectivity index (χ1v) is 9.50. The molecular formula is C19H26N2O2S. The normalized spacial score (nSPS) is 14.2. The number of nitrogens with zero attached hydrogens (tertiary/aromatic N) is 2. The summed E-state index contributed by atoms with van der Waals surface area (Å²) >= 11 is 1.70. The van der Waals surface area contributed by atoms with Crippen molar-refractivity contribution in [2.24, 2.45) is 5.92 Å². The van der Waals surface area contributed by atoms with Crippen LogP contribution in [0.1, 0.15) is 31.9 Å². The van der Waals surface area contributed by atoms with Gasteiger partial charge in [-0.15, -0.1) is 11.3 Å². The highest BCUT2D eigenvalue weighted by molar-refractivity contribution is 7.13. The highest BCUT2D eigenvalue weighted by Crippen LogP contribution is 2.34. The largest absolute Gasteiger partial charge is 0.493 e. The van der Waals surface area contributed by atoms with E-state index in [9.17, 15) is 0 Å². The van der Waals surface area contributed by atoms with E-state index in [2.05, 4.69) is 17.2 Å². The molecule has 24 heavy (non-hydrogen) atoms. The van der Waals surface area contributed by atoms with Crippen LogP contribution < -0.4 is 9.47 Å². The molecule has 1 aromatic heterocycles. The summed E-state index contributed by atoms with van der Waals surface area (Å²) in [5.74, 6) is 2.41. The fraction of sp³-hybridized carbons (Fsp3) is 0.526. The molecule has 0 amide bonds. The predicted octanol–water partition coefficient (Wildman–Crippen LogP) is 4.45. The first kappa shape index (κ1) is 17.2. The molecular weight excluding hydrogens is 320 g/mol. The van der Waals surface area contributed by atoms with E-state index in [-0.39, 0.29) is 0 Å². The van der Waals surface area contributed by atoms with Crippen LogP contribution in [0.5, 0.6) is 11.5 Å². The minimum Gasteiger partial charge on any atom is -0.493 e. The minimum atomic E-state index is 0.744. The van der Waals surface area contributed by atoms with Gasteiger partial charge in [-0.1, -0.05) is 6.92 Å². The number of hydrogen-bond donors (Lipinski definition) is 0. The van der Waals surface area contributed by atoms with Crippen LogP contribution in [0.15, 0.2) is 23.6 Å². The second-order valence-electron chi connectivity index (χ2n) is 6.39. The summed E-state index contributed by atoms with van der Waals surface area (Å²) in [5, 5.41) is 3.22. The Morgan fingerprint density at radius 2 is 2.00 bits per heavy atom. The maximum absolute atomic E-state index is 5.40. The Labute approximate surface area is 148 Å². The van der Waals surface area contributed by atoms with Gasteiger partial charge in [0, 0.05) is 24.0 Å². The molecule has 0 bridgehead atoms. The Bertz CT molecular complexity index is 667. The zero-order chi connectivity index (χ0) is 16.9. The van der Waals surface area contributed by atoms with Crippen LogP contribution in [0, 0.1) is 5.92 Å². The summed E-state index contributed by atoms with van der Waals surface area (Å²) in [6, 6.07) is 5.97. The van der Waals surface area contributed by atoms with E-state index >= 15 is 0 Å². The summed E-state index contributed by atoms with van der Waals surface area (Å²) in [6.07, 6.45) is 3.99. The van der Waals surface area contributed by atoms with Gasteiger partial charge in [-0.05, 0) is 49.9 Å². The molecule has 1 saturated carbocycles. The van der Waals surface area contributed by atoms with Crippen molar-refractivity contribution in [3.8, 4) is 22.1 Å². The van der Waals surface area contributed by atoms with Crippen LogP contribution >= 0.6 is 11.3 Å². The lowest BCUT2D eigenvalue weighted by Crippen LogP contribution is -2.26. The third-order valence-electron chi connectivity index (χ3n) is 4.32. The standard InChI is InChI=1S/C19H26N2O2S/c1-4-9-21(11-14-5-6-14)12-16-13-24-19(20-16)15-7-8-17(22-2)18(10-15)23-3/h7-8,10,13-14H,4-6,9,11-12H2,1-3H3. The van der Waals surface area contributed by atoms with Crippen molar-refractivity contribution < 1.29 is 9.47 Å². The molecule has 1 fully saturated rings. The van der Waals surface area contributed by atoms with Gasteiger partial charge in [0.05, 0.1) is 19.9 Å². The summed E-state index contributed by atoms with van der Waals surface area (Å²) in [6.45, 7) is 5.57. The summed E-state index contributed by atoms with van der Waals surface area (Å²) in [7, 11) is 3.32. The third-order valence-corrected chi connectivity index (χ3v) is 5.26. The van der Waals surface area contributed by atoms with Gasteiger partial charge in [0.25, 0.3) is 0 Å². The molecule has 130 valence electrons. The van der Waals surface area contributed by atoms with Crippen molar-refractivity contribution in [3.05, 3.63) is 29.3 Å². The van der Waals surface area contributed by atoms with Gasteiger partial charge in [0.2, 0.25) is 0 Å². The van der Waals surface area contributed by atoms with Crippen LogP contribution in [0.2, 0.25) is 0 Å². The molecule has 0 spiro atoms. The Hall–Kier alpha value is -1.59. The number of hydrogen-bond acceptors (Lipinski definition) is 5. The van der Waals surface area contributed by atoms with Gasteiger partial charge in [-0.3, -0.25) is 4.90 Å². The van der Waals surface area contributed by atoms with E-state index in [1.807, 2.05) is 18.2 Å². The quantitative estimate of drug-likeness (QED) is 0.672. The molecule has 0 saturated heterocycles. The van der Waals surface area contributed by atoms with Gasteiger partial charge in [-0.2, -0.15) is 0 Å². The van der Waals surface area contributed by atoms with Gasteiger partial charge in [0.1, 0.15) is 5.01 Å². The highest BCUT2D eigenvalue weighted by Gasteiger charge is 2.24. The zero-order valence-corrected chi connectivity index (χ0v) is 15.6. The van der Waals surface area contributed by atoms with Crippen LogP contribution in [-0.2, 0) is 6.54 Å². The number of aromatic nitrogens is 1. The van der Waals surface area contributed by atoms with Crippen molar-refractivity contribution >= 4 is 11.3 Å². The number of methoxy groups -OCH3 is 2. The molecule has 0 N–H and O–H groups in total. The van der Waals surface area contributed by atoms with Crippen molar-refractivity contribution in [2.75, 3.05) is 27.3 Å². The van der Waals surface area contributed by atoms with E-state index in [4.69, 9.17) is 14.5 Å². The highest BCUT2D eigenvalue weighted by atomic mass is 32.1. The summed E-state index contributed by atoms with van der Waals surface area (Å²) in [4.78, 5) is 7.39. The SMILES string of the molecule is CCCN(Cc1csc(-c2ccc(OC)c(OC)c2)n1)CC1CC1. The molecule has 0 radical (unpaired) electrons. The minimum absolute atomic E-state index is 0.744. The summed E-state index contributed by atoms with van der Waals surface area (Å²) in [5.41, 5.74) is 2.24. The molecule has 1 aliphatic rings. The van der Waals surface area contributed by atoms with Crippen LogP contribution in [0.4, 0.5) is 0 Å². The predicted molar refractivity (Wildman–Crippen MR) is 98.9 cm³/mol. The lowest BCUT2D eigenvalue weighted by atomic mass is 10.2. The van der Waals surface area contributed by atoms with E-state index in [1.165, 1.54) is 31.5 Å². The first-order valence-electron chi connectivity index (χ1n) is 8.62. The third kappa shape index (κ3) is 4.28. The fourth-order valence-corrected chi connectivity index (χ4v) is 3.74. The fourth-order valence-electron chi connectivity index (χ4n) is 2.93. The second kappa shape index (κ2) is 7.99. The van der Waals surface area contributed by atoms with Gasteiger partial charge >= 0.3 is 0 Å². The molecule has 2 aromatic rings. The monoisotopic (exact) mass is 346 g/mol. The summed E-state index contributed by atoms with van der Waals surface area (Å²) < 4.78 is 10.7. The van der Waals surface area contributed by atoms with E-state index in [1.54, 1.807) is 25.6 Å². The Balaban J connectivity index is 1.72. The lowest BCUT2D eigenvalue weighted by Gasteiger charge is -2.20. The van der Waals surface area contributed by atoms with Crippen molar-refractivity contribution in [2.45, 2.75) is 32.7 Å². The van der Waals surface area contributed by atoms with E-state index < -0.39 is 0 Å². The van der Waals surface area contributed by atoms with Gasteiger partial charge in [0.15, 0.2) is 11.5 Å². The molecule has 0 aliphatic heterocycles. The molecule has 1 aromatic carbocycles. The number of rotatable bonds is 9. The number of thiazole rings is 1. The Kier molecular flexibility index (Phi) is 5.74. The van der Waals surface area contributed by atoms with E-state index in [0.717, 1.165) is 41.1 Å². The molecule has 5 heteroatoms. The van der Waals surface area contributed by atoms with Gasteiger partial charge in [-0.25, -0.2) is 4.98 Å². The average molecular weight is 346 g/mol. The number of ether oxygens (including phenoxy) is 2. The molecule has 4 nitrogen and oxygen atoms in total. The van der Waals surface area contributed by atoms with E-state index in [0.29, 0.717) is 0 Å². The van der Waals surface area contributed by atoms with Crippen molar-refractivity contribution in [1.29, 1.82) is 0 Å². The maximum atomic E-state index is 5.40. The van der Waals surface area contributed by atoms with Crippen molar-refractivity contribution in [1.82, 2.24) is 9.88 Å². The topological polar surface area (TPSA) is 34.6 Å². The average Bonchev–Trinajstić information content (AvgIpc) is 3.29. The smallest absolute Gasteiger partial charge is 0.161 e. The molecule has 3 rings (SSSR count). The molecule has 1 aliphatic carbocycles. The molecule has 0 atom stereocenters.